The van der Waals surface area contributed by atoms with E-state index in [0.29, 0.717) is 11.4 Å². The van der Waals surface area contributed by atoms with E-state index in [1.165, 1.54) is 15.6 Å². The Balaban J connectivity index is 2.28. The fourth-order valence-electron chi connectivity index (χ4n) is 1.74. The number of hydrogen-bond donors (Lipinski definition) is 1. The molecule has 2 aromatic rings. The summed E-state index contributed by atoms with van der Waals surface area (Å²) >= 11 is 1.50. The number of H-pyrrole nitrogens is 1. The van der Waals surface area contributed by atoms with Crippen molar-refractivity contribution in [2.75, 3.05) is 7.05 Å². The first-order valence-electron chi connectivity index (χ1n) is 5.42. The van der Waals surface area contributed by atoms with E-state index < -0.39 is 10.0 Å². The monoisotopic (exact) mass is 285 g/mol. The van der Waals surface area contributed by atoms with Gasteiger partial charge in [-0.25, -0.2) is 8.42 Å². The molecule has 18 heavy (non-hydrogen) atoms. The van der Waals surface area contributed by atoms with E-state index in [-0.39, 0.29) is 0 Å². The van der Waals surface area contributed by atoms with Gasteiger partial charge in [0.25, 0.3) is 0 Å². The molecule has 0 amide bonds. The van der Waals surface area contributed by atoms with Crippen LogP contribution in [-0.2, 0) is 16.6 Å². The molecule has 98 valence electrons. The average molecular weight is 285 g/mol. The van der Waals surface area contributed by atoms with Crippen LogP contribution < -0.4 is 0 Å². The minimum Gasteiger partial charge on any atom is -0.285 e. The second kappa shape index (κ2) is 4.83. The summed E-state index contributed by atoms with van der Waals surface area (Å²) in [7, 11) is -1.84. The van der Waals surface area contributed by atoms with Crippen LogP contribution in [0.15, 0.2) is 23.4 Å². The molecule has 0 unspecified atom stereocenters. The van der Waals surface area contributed by atoms with Crippen LogP contribution in [0.3, 0.4) is 0 Å². The summed E-state index contributed by atoms with van der Waals surface area (Å²) in [4.78, 5) is 2.23. The Labute approximate surface area is 111 Å². The standard InChI is InChI=1S/C11H15N3O2S2/c1-8-4-11(9(2)17-8)18(15,16)14(3)7-10-5-12-13-6-10/h4-6H,7H2,1-3H3,(H,12,13). The lowest BCUT2D eigenvalue weighted by molar-refractivity contribution is 0.466. The maximum absolute atomic E-state index is 12.4. The molecule has 1 N–H and O–H groups in total. The van der Waals surface area contributed by atoms with Crippen LogP contribution in [0.25, 0.3) is 0 Å². The molecular formula is C11H15N3O2S2. The summed E-state index contributed by atoms with van der Waals surface area (Å²) in [6, 6.07) is 1.72. The van der Waals surface area contributed by atoms with Crippen LogP contribution in [0.4, 0.5) is 0 Å². The van der Waals surface area contributed by atoms with Crippen LogP contribution in [0.1, 0.15) is 15.3 Å². The van der Waals surface area contributed by atoms with E-state index in [1.54, 1.807) is 25.5 Å². The first-order chi connectivity index (χ1) is 8.41. The van der Waals surface area contributed by atoms with E-state index in [2.05, 4.69) is 10.2 Å². The van der Waals surface area contributed by atoms with E-state index in [9.17, 15) is 8.42 Å². The highest BCUT2D eigenvalue weighted by atomic mass is 32.2. The lowest BCUT2D eigenvalue weighted by atomic mass is 10.4. The van der Waals surface area contributed by atoms with Crippen LogP contribution in [0, 0.1) is 13.8 Å². The van der Waals surface area contributed by atoms with E-state index in [0.717, 1.165) is 15.3 Å². The summed E-state index contributed by atoms with van der Waals surface area (Å²) in [5, 5.41) is 6.48. The molecule has 0 aromatic carbocycles. The highest BCUT2D eigenvalue weighted by molar-refractivity contribution is 7.89. The first-order valence-corrected chi connectivity index (χ1v) is 7.68. The fourth-order valence-corrected chi connectivity index (χ4v) is 4.42. The van der Waals surface area contributed by atoms with Crippen LogP contribution in [-0.4, -0.2) is 30.0 Å². The molecule has 7 heteroatoms. The Hall–Kier alpha value is -1.18. The molecule has 2 aromatic heterocycles. The van der Waals surface area contributed by atoms with Crippen molar-refractivity contribution >= 4 is 21.4 Å². The Kier molecular flexibility index (Phi) is 3.56. The number of nitrogens with one attached hydrogen (secondary N) is 1. The number of thiophene rings is 1. The number of nitrogens with zero attached hydrogens (tertiary/aromatic N) is 2. The van der Waals surface area contributed by atoms with Gasteiger partial charge in [0.15, 0.2) is 0 Å². The van der Waals surface area contributed by atoms with Gasteiger partial charge in [-0.1, -0.05) is 0 Å². The Morgan fingerprint density at radius 3 is 2.67 bits per heavy atom. The summed E-state index contributed by atoms with van der Waals surface area (Å²) in [5.41, 5.74) is 0.839. The molecule has 0 aliphatic heterocycles. The SMILES string of the molecule is Cc1cc(S(=O)(=O)N(C)Cc2cn[nH]c2)c(C)s1. The van der Waals surface area contributed by atoms with Gasteiger partial charge >= 0.3 is 0 Å². The Bertz CT molecular complexity index is 629. The maximum atomic E-state index is 12.4. The highest BCUT2D eigenvalue weighted by Gasteiger charge is 2.24. The van der Waals surface area contributed by atoms with Gasteiger partial charge in [0.05, 0.1) is 11.1 Å². The number of hydrogen-bond acceptors (Lipinski definition) is 4. The first kappa shape index (κ1) is 13.3. The average Bonchev–Trinajstić information content (AvgIpc) is 2.88. The van der Waals surface area contributed by atoms with Crippen molar-refractivity contribution in [2.45, 2.75) is 25.3 Å². The number of aromatic nitrogens is 2. The fraction of sp³-hybridized carbons (Fsp3) is 0.364. The van der Waals surface area contributed by atoms with Gasteiger partial charge in [-0.3, -0.25) is 5.10 Å². The molecule has 0 saturated heterocycles. The van der Waals surface area contributed by atoms with Crippen LogP contribution in [0.5, 0.6) is 0 Å². The molecule has 0 spiro atoms. The molecule has 0 bridgehead atoms. The Morgan fingerprint density at radius 2 is 2.17 bits per heavy atom. The van der Waals surface area contributed by atoms with Crippen molar-refractivity contribution in [3.63, 3.8) is 0 Å². The van der Waals surface area contributed by atoms with E-state index in [4.69, 9.17) is 0 Å². The quantitative estimate of drug-likeness (QED) is 0.933. The maximum Gasteiger partial charge on any atom is 0.244 e. The van der Waals surface area contributed by atoms with Gasteiger partial charge in [-0.05, 0) is 19.9 Å². The molecule has 0 aliphatic carbocycles. The third-order valence-electron chi connectivity index (χ3n) is 2.64. The predicted molar refractivity (Wildman–Crippen MR) is 71.0 cm³/mol. The minimum absolute atomic E-state index is 0.313. The Morgan fingerprint density at radius 1 is 1.44 bits per heavy atom. The van der Waals surface area contributed by atoms with E-state index in [1.807, 2.05) is 13.8 Å². The molecule has 0 radical (unpaired) electrons. The molecule has 5 nitrogen and oxygen atoms in total. The van der Waals surface area contributed by atoms with Crippen LogP contribution >= 0.6 is 11.3 Å². The van der Waals surface area contributed by atoms with Gasteiger partial charge < -0.3 is 0 Å². The van der Waals surface area contributed by atoms with Crippen molar-refractivity contribution < 1.29 is 8.42 Å². The van der Waals surface area contributed by atoms with Crippen molar-refractivity contribution in [1.82, 2.24) is 14.5 Å². The van der Waals surface area contributed by atoms with Gasteiger partial charge in [0, 0.05) is 35.1 Å². The molecule has 0 atom stereocenters. The van der Waals surface area contributed by atoms with Crippen molar-refractivity contribution in [2.24, 2.45) is 0 Å². The number of sulfonamides is 1. The van der Waals surface area contributed by atoms with Crippen LogP contribution in [0.2, 0.25) is 0 Å². The molecule has 2 heterocycles. The summed E-state index contributed by atoms with van der Waals surface area (Å²) in [5.74, 6) is 0. The summed E-state index contributed by atoms with van der Waals surface area (Å²) in [6.45, 7) is 4.05. The normalized spacial score (nSPS) is 12.2. The van der Waals surface area contributed by atoms with Gasteiger partial charge in [0.1, 0.15) is 0 Å². The zero-order valence-electron chi connectivity index (χ0n) is 10.5. The topological polar surface area (TPSA) is 66.1 Å². The van der Waals surface area contributed by atoms with Crippen molar-refractivity contribution in [3.05, 3.63) is 33.8 Å². The zero-order valence-corrected chi connectivity index (χ0v) is 12.1. The summed E-state index contributed by atoms with van der Waals surface area (Å²) < 4.78 is 26.1. The van der Waals surface area contributed by atoms with Gasteiger partial charge in [0.2, 0.25) is 10.0 Å². The van der Waals surface area contributed by atoms with E-state index >= 15 is 0 Å². The molecular weight excluding hydrogens is 270 g/mol. The smallest absolute Gasteiger partial charge is 0.244 e. The second-order valence-electron chi connectivity index (χ2n) is 4.15. The van der Waals surface area contributed by atoms with Crippen molar-refractivity contribution in [3.8, 4) is 0 Å². The molecule has 0 aliphatic rings. The molecule has 0 saturated carbocycles. The minimum atomic E-state index is -3.42. The number of aromatic amines is 1. The second-order valence-corrected chi connectivity index (χ2v) is 7.62. The third-order valence-corrected chi connectivity index (χ3v) is 5.67. The van der Waals surface area contributed by atoms with Crippen molar-refractivity contribution in [1.29, 1.82) is 0 Å². The molecule has 2 rings (SSSR count). The third kappa shape index (κ3) is 2.47. The zero-order chi connectivity index (χ0) is 13.3. The highest BCUT2D eigenvalue weighted by Crippen LogP contribution is 2.27. The number of rotatable bonds is 4. The molecule has 0 fully saturated rings. The van der Waals surface area contributed by atoms with Gasteiger partial charge in [-0.2, -0.15) is 9.40 Å². The number of aryl methyl sites for hydroxylation is 2. The lowest BCUT2D eigenvalue weighted by Crippen LogP contribution is -2.26. The lowest BCUT2D eigenvalue weighted by Gasteiger charge is -2.15. The largest absolute Gasteiger partial charge is 0.285 e. The predicted octanol–water partition coefficient (Wildman–Crippen LogP) is 1.91. The van der Waals surface area contributed by atoms with Gasteiger partial charge in [-0.15, -0.1) is 11.3 Å². The summed E-state index contributed by atoms with van der Waals surface area (Å²) in [6.07, 6.45) is 3.31.